The van der Waals surface area contributed by atoms with Gasteiger partial charge in [0.15, 0.2) is 16.8 Å². The van der Waals surface area contributed by atoms with Gasteiger partial charge in [0.2, 0.25) is 11.1 Å². The van der Waals surface area contributed by atoms with Crippen molar-refractivity contribution in [2.45, 2.75) is 31.3 Å². The molecule has 0 radical (unpaired) electrons. The molecule has 8 rings (SSSR count). The van der Waals surface area contributed by atoms with Gasteiger partial charge < -0.3 is 16.1 Å². The molecule has 0 saturated carbocycles. The van der Waals surface area contributed by atoms with Gasteiger partial charge in [-0.05, 0) is 94.2 Å². The number of amidine groups is 1. The van der Waals surface area contributed by atoms with Crippen LogP contribution in [0.4, 0.5) is 5.69 Å². The maximum Gasteiger partial charge on any atom is 0.238 e. The van der Waals surface area contributed by atoms with Crippen LogP contribution in [0.2, 0.25) is 0 Å². The number of aromatic nitrogens is 9. The first-order valence-electron chi connectivity index (χ1n) is 14.6. The van der Waals surface area contributed by atoms with Crippen LogP contribution in [0.15, 0.2) is 95.3 Å². The highest BCUT2D eigenvalue weighted by molar-refractivity contribution is 7.97. The lowest BCUT2D eigenvalue weighted by Gasteiger charge is -2.29. The number of benzene rings is 3. The molecular formula is C32H26N13S2-. The molecule has 232 valence electrons. The summed E-state index contributed by atoms with van der Waals surface area (Å²) in [5, 5.41) is 19.0. The van der Waals surface area contributed by atoms with Gasteiger partial charge in [-0.15, -0.1) is 30.4 Å². The molecule has 4 aromatic heterocycles. The minimum atomic E-state index is -0.0305. The van der Waals surface area contributed by atoms with Gasteiger partial charge in [-0.2, -0.15) is 19.8 Å². The molecular weight excluding hydrogens is 631 g/mol. The Labute approximate surface area is 279 Å². The van der Waals surface area contributed by atoms with Crippen LogP contribution in [-0.4, -0.2) is 49.9 Å². The van der Waals surface area contributed by atoms with Crippen molar-refractivity contribution >= 4 is 58.0 Å². The SMILES string of the molecule is CC(C)(C)c1ccc2c(c1)c1ncccc1n2-c1nc(-c2ccc(N3[N-]NN=C3S)cc2)nc(-c2ccc(-n3nnnc3S)cc2)n1. The van der Waals surface area contributed by atoms with Crippen LogP contribution in [0.3, 0.4) is 0 Å². The van der Waals surface area contributed by atoms with Crippen molar-refractivity contribution in [2.75, 3.05) is 5.01 Å². The van der Waals surface area contributed by atoms with Crippen LogP contribution >= 0.6 is 25.3 Å². The van der Waals surface area contributed by atoms with Crippen LogP contribution in [0.1, 0.15) is 26.3 Å². The van der Waals surface area contributed by atoms with Crippen LogP contribution in [0.25, 0.3) is 61.9 Å². The number of nitrogens with one attached hydrogen (secondary N) is 1. The van der Waals surface area contributed by atoms with Gasteiger partial charge in [-0.25, -0.2) is 4.98 Å². The first-order chi connectivity index (χ1) is 22.7. The number of hydrazone groups is 1. The van der Waals surface area contributed by atoms with Gasteiger partial charge in [0, 0.05) is 28.4 Å². The lowest BCUT2D eigenvalue weighted by Crippen LogP contribution is -2.17. The highest BCUT2D eigenvalue weighted by Crippen LogP contribution is 2.35. The summed E-state index contributed by atoms with van der Waals surface area (Å²) in [5.74, 6) is 1.47. The Balaban J connectivity index is 1.31. The third-order valence-corrected chi connectivity index (χ3v) is 8.46. The summed E-state index contributed by atoms with van der Waals surface area (Å²) in [7, 11) is 0. The fourth-order valence-corrected chi connectivity index (χ4v) is 5.87. The van der Waals surface area contributed by atoms with Crippen LogP contribution in [-0.2, 0) is 5.41 Å². The predicted molar refractivity (Wildman–Crippen MR) is 187 cm³/mol. The van der Waals surface area contributed by atoms with Gasteiger partial charge in [0.25, 0.3) is 0 Å². The van der Waals surface area contributed by atoms with Crippen molar-refractivity contribution in [3.8, 4) is 34.4 Å². The summed E-state index contributed by atoms with van der Waals surface area (Å²) in [6, 6.07) is 25.8. The zero-order valence-corrected chi connectivity index (χ0v) is 27.1. The third-order valence-electron chi connectivity index (χ3n) is 7.89. The zero-order chi connectivity index (χ0) is 32.3. The number of pyridine rings is 1. The van der Waals surface area contributed by atoms with E-state index >= 15 is 0 Å². The molecule has 1 aliphatic heterocycles. The molecule has 0 saturated heterocycles. The minimum absolute atomic E-state index is 0.0305. The standard InChI is InChI=1S/C32H26N13S2/c1-32(2,3)20-10-15-24-23(17-20)26-25(5-4-16-33-26)43(24)29-35-27(18-6-11-21(12-7-18)44-30(46)37-39-41-44)34-28(36-29)19-8-13-22(14-9-19)45-31(47)38-40-42-45/h4-17,39H,1-3H3,(H,37,46)(H,38,42,47)/q-1. The topological polar surface area (TPSA) is 142 Å². The number of fused-ring (bicyclic) bond motifs is 3. The van der Waals surface area contributed by atoms with Crippen molar-refractivity contribution in [2.24, 2.45) is 5.10 Å². The zero-order valence-electron chi connectivity index (χ0n) is 25.3. The Morgan fingerprint density at radius 1 is 0.787 bits per heavy atom. The van der Waals surface area contributed by atoms with Crippen molar-refractivity contribution in [1.82, 2.24) is 50.2 Å². The lowest BCUT2D eigenvalue weighted by atomic mass is 9.86. The van der Waals surface area contributed by atoms with Crippen molar-refractivity contribution in [3.63, 3.8) is 0 Å². The maximum absolute atomic E-state index is 5.04. The second-order valence-corrected chi connectivity index (χ2v) is 12.7. The molecule has 0 bridgehead atoms. The largest absolute Gasteiger partial charge is 0.452 e. The summed E-state index contributed by atoms with van der Waals surface area (Å²) < 4.78 is 3.59. The molecule has 1 N–H and O–H groups in total. The molecule has 0 aliphatic carbocycles. The normalized spacial score (nSPS) is 13.4. The molecule has 0 unspecified atom stereocenters. The summed E-state index contributed by atoms with van der Waals surface area (Å²) in [5.41, 5.74) is 13.7. The molecule has 47 heavy (non-hydrogen) atoms. The van der Waals surface area contributed by atoms with Crippen molar-refractivity contribution in [3.05, 3.63) is 96.2 Å². The smallest absolute Gasteiger partial charge is 0.238 e. The van der Waals surface area contributed by atoms with E-state index in [2.05, 4.69) is 95.9 Å². The maximum atomic E-state index is 5.04. The number of thiol groups is 2. The fraction of sp³-hybridized carbons (Fsp3) is 0.125. The number of rotatable bonds is 5. The first kappa shape index (κ1) is 29.1. The van der Waals surface area contributed by atoms with E-state index < -0.39 is 0 Å². The van der Waals surface area contributed by atoms with Crippen LogP contribution < -0.4 is 10.5 Å². The molecule has 3 aromatic carbocycles. The highest BCUT2D eigenvalue weighted by Gasteiger charge is 2.21. The van der Waals surface area contributed by atoms with E-state index in [1.807, 2.05) is 71.4 Å². The van der Waals surface area contributed by atoms with Gasteiger partial charge in [-0.1, -0.05) is 26.8 Å². The second kappa shape index (κ2) is 11.2. The Morgan fingerprint density at radius 3 is 2.11 bits per heavy atom. The first-order valence-corrected chi connectivity index (χ1v) is 15.5. The molecule has 1 aliphatic rings. The number of tetrazole rings is 1. The second-order valence-electron chi connectivity index (χ2n) is 11.9. The van der Waals surface area contributed by atoms with Gasteiger partial charge in [0.1, 0.15) is 0 Å². The average molecular weight is 657 g/mol. The Bertz CT molecular complexity index is 2320. The molecule has 5 heterocycles. The third kappa shape index (κ3) is 5.14. The molecule has 0 spiro atoms. The monoisotopic (exact) mass is 656 g/mol. The molecule has 13 nitrogen and oxygen atoms in total. The quantitative estimate of drug-likeness (QED) is 0.188. The predicted octanol–water partition coefficient (Wildman–Crippen LogP) is 6.07. The summed E-state index contributed by atoms with van der Waals surface area (Å²) in [6.45, 7) is 6.61. The molecule has 0 atom stereocenters. The lowest BCUT2D eigenvalue weighted by molar-refractivity contribution is 0.591. The summed E-state index contributed by atoms with van der Waals surface area (Å²) >= 11 is 8.71. The van der Waals surface area contributed by atoms with Crippen LogP contribution in [0, 0.1) is 0 Å². The van der Waals surface area contributed by atoms with E-state index in [4.69, 9.17) is 19.9 Å². The molecule has 7 aromatic rings. The van der Waals surface area contributed by atoms with E-state index in [-0.39, 0.29) is 5.41 Å². The summed E-state index contributed by atoms with van der Waals surface area (Å²) in [6.07, 6.45) is 1.81. The van der Waals surface area contributed by atoms with Gasteiger partial charge in [0.05, 0.1) is 22.2 Å². The molecule has 0 fully saturated rings. The van der Waals surface area contributed by atoms with E-state index in [0.29, 0.717) is 27.9 Å². The van der Waals surface area contributed by atoms with Crippen molar-refractivity contribution in [1.29, 1.82) is 0 Å². The van der Waals surface area contributed by atoms with Crippen molar-refractivity contribution < 1.29 is 0 Å². The van der Waals surface area contributed by atoms with Gasteiger partial charge >= 0.3 is 0 Å². The minimum Gasteiger partial charge on any atom is -0.452 e. The Morgan fingerprint density at radius 2 is 1.49 bits per heavy atom. The number of nitrogens with zero attached hydrogens (tertiary/aromatic N) is 12. The van der Waals surface area contributed by atoms with E-state index in [1.165, 1.54) is 5.56 Å². The molecule has 15 heteroatoms. The number of hydrogen-bond acceptors (Lipinski definition) is 11. The Hall–Kier alpha value is -5.38. The highest BCUT2D eigenvalue weighted by atomic mass is 32.1. The van der Waals surface area contributed by atoms with E-state index in [1.54, 1.807) is 9.69 Å². The number of hydrogen-bond donors (Lipinski definition) is 3. The average Bonchev–Trinajstić information content (AvgIpc) is 3.80. The number of anilines is 1. The summed E-state index contributed by atoms with van der Waals surface area (Å²) in [4.78, 5) is 19.8. The Kier molecular flexibility index (Phi) is 6.89. The van der Waals surface area contributed by atoms with Gasteiger partial charge in [-0.3, -0.25) is 9.55 Å². The van der Waals surface area contributed by atoms with Crippen LogP contribution in [0.5, 0.6) is 0 Å². The van der Waals surface area contributed by atoms with E-state index in [9.17, 15) is 0 Å². The fourth-order valence-electron chi connectivity index (χ4n) is 5.47. The van der Waals surface area contributed by atoms with E-state index in [0.717, 1.165) is 44.4 Å². The molecule has 0 amide bonds.